The first-order chi connectivity index (χ1) is 12.2. The molecule has 0 unspecified atom stereocenters. The number of carbonyl (C=O) groups excluding carboxylic acids is 3. The second-order valence-electron chi connectivity index (χ2n) is 6.87. The molecular weight excluding hydrogens is 334 g/mol. The zero-order valence-corrected chi connectivity index (χ0v) is 16.1. The van der Waals surface area contributed by atoms with Gasteiger partial charge in [0.15, 0.2) is 6.10 Å². The lowest BCUT2D eigenvalue weighted by Crippen LogP contribution is -2.39. The van der Waals surface area contributed by atoms with Crippen LogP contribution in [0.15, 0.2) is 24.3 Å². The summed E-state index contributed by atoms with van der Waals surface area (Å²) in [5.74, 6) is -0.552. The Bertz CT molecular complexity index is 612. The molecule has 0 aromatic heterocycles. The second kappa shape index (κ2) is 10.4. The lowest BCUT2D eigenvalue weighted by Gasteiger charge is -2.15. The fourth-order valence-electron chi connectivity index (χ4n) is 1.98. The summed E-state index contributed by atoms with van der Waals surface area (Å²) >= 11 is 0. The molecule has 0 saturated carbocycles. The maximum Gasteiger partial charge on any atom is 0.338 e. The number of hydrogen-bond acceptors (Lipinski definition) is 4. The molecule has 0 fully saturated rings. The van der Waals surface area contributed by atoms with Gasteiger partial charge in [-0.15, -0.1) is 0 Å². The maximum absolute atomic E-state index is 12.1. The zero-order chi connectivity index (χ0) is 19.7. The topological polar surface area (TPSA) is 96.5 Å². The van der Waals surface area contributed by atoms with Crippen molar-refractivity contribution in [3.63, 3.8) is 0 Å². The molecule has 0 spiro atoms. The predicted octanol–water partition coefficient (Wildman–Crippen LogP) is 2.21. The number of esters is 1. The molecule has 0 aliphatic carbocycles. The molecule has 7 nitrogen and oxygen atoms in total. The van der Waals surface area contributed by atoms with E-state index in [0.29, 0.717) is 24.6 Å². The summed E-state index contributed by atoms with van der Waals surface area (Å²) in [6.45, 7) is 10.2. The van der Waals surface area contributed by atoms with Gasteiger partial charge in [0.25, 0.3) is 5.91 Å². The SMILES string of the molecule is CC(C)CNC(=O)[C@@H](C)OC(=O)c1ccc(CNC(=O)NC(C)C)cc1. The molecule has 0 aliphatic rings. The van der Waals surface area contributed by atoms with Crippen molar-refractivity contribution in [3.8, 4) is 0 Å². The number of ether oxygens (including phenoxy) is 1. The van der Waals surface area contributed by atoms with E-state index in [1.807, 2.05) is 27.7 Å². The average Bonchev–Trinajstić information content (AvgIpc) is 2.57. The van der Waals surface area contributed by atoms with E-state index in [4.69, 9.17) is 4.74 Å². The van der Waals surface area contributed by atoms with Crippen LogP contribution in [0.3, 0.4) is 0 Å². The van der Waals surface area contributed by atoms with Crippen LogP contribution in [0.2, 0.25) is 0 Å². The molecule has 144 valence electrons. The fraction of sp³-hybridized carbons (Fsp3) is 0.526. The van der Waals surface area contributed by atoms with Gasteiger partial charge in [0.1, 0.15) is 0 Å². The average molecular weight is 363 g/mol. The Labute approximate surface area is 154 Å². The van der Waals surface area contributed by atoms with Gasteiger partial charge in [-0.25, -0.2) is 9.59 Å². The van der Waals surface area contributed by atoms with E-state index in [0.717, 1.165) is 5.56 Å². The van der Waals surface area contributed by atoms with E-state index >= 15 is 0 Å². The molecule has 1 atom stereocenters. The predicted molar refractivity (Wildman–Crippen MR) is 99.7 cm³/mol. The third-order valence-corrected chi connectivity index (χ3v) is 3.40. The molecule has 1 rings (SSSR count). The van der Waals surface area contributed by atoms with Crippen molar-refractivity contribution in [2.24, 2.45) is 5.92 Å². The Kier molecular flexibility index (Phi) is 8.61. The standard InChI is InChI=1S/C19H29N3O4/c1-12(2)10-20-17(23)14(5)26-18(24)16-8-6-15(7-9-16)11-21-19(25)22-13(3)4/h6-9,12-14H,10-11H2,1-5H3,(H,20,23)(H2,21,22,25)/t14-/m1/s1. The Morgan fingerprint density at radius 2 is 1.58 bits per heavy atom. The molecule has 0 heterocycles. The Hall–Kier alpha value is -2.57. The lowest BCUT2D eigenvalue weighted by atomic mass is 10.1. The van der Waals surface area contributed by atoms with Crippen LogP contribution in [-0.2, 0) is 16.1 Å². The summed E-state index contributed by atoms with van der Waals surface area (Å²) in [6, 6.07) is 6.50. The number of hydrogen-bond donors (Lipinski definition) is 3. The maximum atomic E-state index is 12.1. The number of nitrogens with one attached hydrogen (secondary N) is 3. The minimum atomic E-state index is -0.859. The van der Waals surface area contributed by atoms with Crippen molar-refractivity contribution in [2.75, 3.05) is 6.54 Å². The highest BCUT2D eigenvalue weighted by atomic mass is 16.5. The van der Waals surface area contributed by atoms with Gasteiger partial charge in [0, 0.05) is 19.1 Å². The summed E-state index contributed by atoms with van der Waals surface area (Å²) in [4.78, 5) is 35.5. The molecule has 26 heavy (non-hydrogen) atoms. The number of urea groups is 1. The number of carbonyl (C=O) groups is 3. The monoisotopic (exact) mass is 363 g/mol. The summed E-state index contributed by atoms with van der Waals surface area (Å²) in [5.41, 5.74) is 1.20. The molecule has 7 heteroatoms. The van der Waals surface area contributed by atoms with Gasteiger partial charge in [-0.3, -0.25) is 4.79 Å². The molecular formula is C19H29N3O4. The second-order valence-corrected chi connectivity index (χ2v) is 6.87. The third kappa shape index (κ3) is 8.00. The molecule has 0 saturated heterocycles. The largest absolute Gasteiger partial charge is 0.449 e. The lowest BCUT2D eigenvalue weighted by molar-refractivity contribution is -0.129. The summed E-state index contributed by atoms with van der Waals surface area (Å²) < 4.78 is 5.18. The molecule has 3 N–H and O–H groups in total. The van der Waals surface area contributed by atoms with Gasteiger partial charge in [0.2, 0.25) is 0 Å². The first kappa shape index (κ1) is 21.5. The van der Waals surface area contributed by atoms with Crippen LogP contribution in [0.1, 0.15) is 50.5 Å². The first-order valence-corrected chi connectivity index (χ1v) is 8.81. The Morgan fingerprint density at radius 3 is 2.12 bits per heavy atom. The van der Waals surface area contributed by atoms with Crippen molar-refractivity contribution in [3.05, 3.63) is 35.4 Å². The molecule has 1 aromatic carbocycles. The number of rotatable bonds is 8. The van der Waals surface area contributed by atoms with Crippen LogP contribution in [0, 0.1) is 5.92 Å². The van der Waals surface area contributed by atoms with Crippen LogP contribution in [0.5, 0.6) is 0 Å². The van der Waals surface area contributed by atoms with E-state index in [1.165, 1.54) is 0 Å². The fourth-order valence-corrected chi connectivity index (χ4v) is 1.98. The third-order valence-electron chi connectivity index (χ3n) is 3.40. The van der Waals surface area contributed by atoms with Crippen molar-refractivity contribution in [1.29, 1.82) is 0 Å². The van der Waals surface area contributed by atoms with E-state index < -0.39 is 12.1 Å². The van der Waals surface area contributed by atoms with Crippen LogP contribution in [-0.4, -0.2) is 36.6 Å². The summed E-state index contributed by atoms with van der Waals surface area (Å²) in [7, 11) is 0. The number of benzene rings is 1. The molecule has 3 amide bonds. The minimum Gasteiger partial charge on any atom is -0.449 e. The van der Waals surface area contributed by atoms with E-state index in [-0.39, 0.29) is 18.0 Å². The zero-order valence-electron chi connectivity index (χ0n) is 16.1. The quantitative estimate of drug-likeness (QED) is 0.617. The van der Waals surface area contributed by atoms with Crippen LogP contribution in [0.25, 0.3) is 0 Å². The summed E-state index contributed by atoms with van der Waals surface area (Å²) in [6.07, 6.45) is -0.859. The van der Waals surface area contributed by atoms with Crippen molar-refractivity contribution < 1.29 is 19.1 Å². The smallest absolute Gasteiger partial charge is 0.338 e. The van der Waals surface area contributed by atoms with Gasteiger partial charge in [0.05, 0.1) is 5.56 Å². The number of amides is 3. The summed E-state index contributed by atoms with van der Waals surface area (Å²) in [5, 5.41) is 8.19. The van der Waals surface area contributed by atoms with Gasteiger partial charge in [-0.2, -0.15) is 0 Å². The van der Waals surface area contributed by atoms with Gasteiger partial charge in [-0.1, -0.05) is 26.0 Å². The highest BCUT2D eigenvalue weighted by Crippen LogP contribution is 2.08. The van der Waals surface area contributed by atoms with E-state index in [1.54, 1.807) is 31.2 Å². The van der Waals surface area contributed by atoms with Crippen molar-refractivity contribution >= 4 is 17.9 Å². The van der Waals surface area contributed by atoms with Gasteiger partial charge >= 0.3 is 12.0 Å². The highest BCUT2D eigenvalue weighted by molar-refractivity contribution is 5.92. The highest BCUT2D eigenvalue weighted by Gasteiger charge is 2.18. The van der Waals surface area contributed by atoms with Crippen LogP contribution in [0.4, 0.5) is 4.79 Å². The van der Waals surface area contributed by atoms with Crippen molar-refractivity contribution in [2.45, 2.75) is 53.3 Å². The van der Waals surface area contributed by atoms with Crippen LogP contribution < -0.4 is 16.0 Å². The Balaban J connectivity index is 2.50. The Morgan fingerprint density at radius 1 is 0.962 bits per heavy atom. The van der Waals surface area contributed by atoms with Crippen molar-refractivity contribution in [1.82, 2.24) is 16.0 Å². The molecule has 0 aliphatic heterocycles. The van der Waals surface area contributed by atoms with E-state index in [2.05, 4.69) is 16.0 Å². The molecule has 0 bridgehead atoms. The minimum absolute atomic E-state index is 0.0619. The van der Waals surface area contributed by atoms with E-state index in [9.17, 15) is 14.4 Å². The molecule has 1 aromatic rings. The van der Waals surface area contributed by atoms with Crippen LogP contribution >= 0.6 is 0 Å². The van der Waals surface area contributed by atoms with Gasteiger partial charge < -0.3 is 20.7 Å². The van der Waals surface area contributed by atoms with Gasteiger partial charge in [-0.05, 0) is 44.4 Å². The first-order valence-electron chi connectivity index (χ1n) is 8.81. The normalized spacial score (nSPS) is 11.8. The molecule has 0 radical (unpaired) electrons.